The van der Waals surface area contributed by atoms with Gasteiger partial charge in [-0.05, 0) is 24.3 Å². The zero-order chi connectivity index (χ0) is 13.0. The maximum absolute atomic E-state index is 11.8. The number of hydrogen-bond acceptors (Lipinski definition) is 5. The molecule has 0 fully saturated rings. The van der Waals surface area contributed by atoms with Gasteiger partial charge in [0.1, 0.15) is 0 Å². The molecule has 6 nitrogen and oxygen atoms in total. The van der Waals surface area contributed by atoms with Gasteiger partial charge >= 0.3 is 0 Å². The zero-order valence-corrected chi connectivity index (χ0v) is 9.98. The van der Waals surface area contributed by atoms with E-state index in [0.29, 0.717) is 16.5 Å². The van der Waals surface area contributed by atoms with Crippen LogP contribution in [0.1, 0.15) is 10.5 Å². The first-order chi connectivity index (χ1) is 8.70. The van der Waals surface area contributed by atoms with Crippen LogP contribution in [0.2, 0.25) is 5.02 Å². The third kappa shape index (κ3) is 2.73. The van der Waals surface area contributed by atoms with Crippen molar-refractivity contribution in [2.45, 2.75) is 0 Å². The quantitative estimate of drug-likeness (QED) is 0.579. The second kappa shape index (κ2) is 5.44. The van der Waals surface area contributed by atoms with E-state index < -0.39 is 0 Å². The topological polar surface area (TPSA) is 92.9 Å². The number of benzene rings is 1. The average molecular weight is 264 g/mol. The Balaban J connectivity index is 2.14. The van der Waals surface area contributed by atoms with E-state index in [1.54, 1.807) is 30.3 Å². The molecule has 0 aliphatic rings. The number of aromatic nitrogens is 2. The molecule has 1 heterocycles. The standard InChI is InChI=1S/C11H10ClN5O/c12-7-3-1-2-4-8(7)14-11(18)9-5-6-10(15-13)17-16-9/h1-6H,13H2,(H,14,18)(H,15,17). The molecule has 4 N–H and O–H groups in total. The van der Waals surface area contributed by atoms with Crippen LogP contribution in [0.5, 0.6) is 0 Å². The number of rotatable bonds is 3. The summed E-state index contributed by atoms with van der Waals surface area (Å²) in [5.74, 6) is 5.14. The number of nitrogens with two attached hydrogens (primary N) is 1. The fraction of sp³-hybridized carbons (Fsp3) is 0. The Labute approximate surface area is 108 Å². The van der Waals surface area contributed by atoms with E-state index in [4.69, 9.17) is 17.4 Å². The largest absolute Gasteiger partial charge is 0.319 e. The van der Waals surface area contributed by atoms with E-state index in [1.165, 1.54) is 6.07 Å². The molecule has 0 bridgehead atoms. The van der Waals surface area contributed by atoms with Gasteiger partial charge in [0, 0.05) is 0 Å². The van der Waals surface area contributed by atoms with Crippen molar-refractivity contribution in [2.24, 2.45) is 5.84 Å². The Morgan fingerprint density at radius 1 is 1.17 bits per heavy atom. The number of carbonyl (C=O) groups is 1. The van der Waals surface area contributed by atoms with E-state index in [0.717, 1.165) is 0 Å². The van der Waals surface area contributed by atoms with E-state index >= 15 is 0 Å². The lowest BCUT2D eigenvalue weighted by molar-refractivity contribution is 0.102. The molecule has 0 spiro atoms. The number of para-hydroxylation sites is 1. The number of carbonyl (C=O) groups excluding carboxylic acids is 1. The summed E-state index contributed by atoms with van der Waals surface area (Å²) in [6.07, 6.45) is 0. The van der Waals surface area contributed by atoms with Crippen molar-refractivity contribution in [3.63, 3.8) is 0 Å². The van der Waals surface area contributed by atoms with Gasteiger partial charge in [-0.3, -0.25) is 4.79 Å². The second-order valence-corrected chi connectivity index (χ2v) is 3.79. The van der Waals surface area contributed by atoms with Crippen molar-refractivity contribution >= 4 is 29.0 Å². The van der Waals surface area contributed by atoms with Gasteiger partial charge in [0.25, 0.3) is 5.91 Å². The highest BCUT2D eigenvalue weighted by atomic mass is 35.5. The van der Waals surface area contributed by atoms with Gasteiger partial charge in [-0.15, -0.1) is 10.2 Å². The minimum Gasteiger partial charge on any atom is -0.319 e. The Kier molecular flexibility index (Phi) is 3.71. The predicted molar refractivity (Wildman–Crippen MR) is 69.2 cm³/mol. The molecule has 0 saturated heterocycles. The van der Waals surface area contributed by atoms with E-state index in [2.05, 4.69) is 20.9 Å². The first-order valence-corrected chi connectivity index (χ1v) is 5.44. The van der Waals surface area contributed by atoms with Crippen molar-refractivity contribution in [3.05, 3.63) is 47.1 Å². The fourth-order valence-electron chi connectivity index (χ4n) is 1.28. The number of halogens is 1. The summed E-state index contributed by atoms with van der Waals surface area (Å²) in [5, 5.41) is 10.5. The van der Waals surface area contributed by atoms with Crippen LogP contribution >= 0.6 is 11.6 Å². The molecule has 0 aliphatic heterocycles. The Hall–Kier alpha value is -2.18. The summed E-state index contributed by atoms with van der Waals surface area (Å²) in [6.45, 7) is 0. The summed E-state index contributed by atoms with van der Waals surface area (Å²) < 4.78 is 0. The van der Waals surface area contributed by atoms with Crippen LogP contribution in [0.3, 0.4) is 0 Å². The lowest BCUT2D eigenvalue weighted by Gasteiger charge is -2.06. The van der Waals surface area contributed by atoms with Crippen LogP contribution in [0, 0.1) is 0 Å². The third-order valence-corrected chi connectivity index (χ3v) is 2.50. The number of nitrogens with one attached hydrogen (secondary N) is 2. The zero-order valence-electron chi connectivity index (χ0n) is 9.22. The lowest BCUT2D eigenvalue weighted by Crippen LogP contribution is -2.16. The first kappa shape index (κ1) is 12.3. The number of anilines is 2. The van der Waals surface area contributed by atoms with Gasteiger partial charge in [-0.2, -0.15) is 0 Å². The Morgan fingerprint density at radius 3 is 2.56 bits per heavy atom. The normalized spacial score (nSPS) is 9.89. The fourth-order valence-corrected chi connectivity index (χ4v) is 1.46. The molecule has 0 saturated carbocycles. The molecule has 0 unspecified atom stereocenters. The number of nitrogen functional groups attached to an aromatic ring is 1. The summed E-state index contributed by atoms with van der Waals surface area (Å²) in [7, 11) is 0. The highest BCUT2D eigenvalue weighted by Crippen LogP contribution is 2.20. The Morgan fingerprint density at radius 2 is 1.94 bits per heavy atom. The Bertz CT molecular complexity index is 558. The number of amides is 1. The molecular weight excluding hydrogens is 254 g/mol. The molecular formula is C11H10ClN5O. The minimum atomic E-state index is -0.390. The summed E-state index contributed by atoms with van der Waals surface area (Å²) >= 11 is 5.93. The number of hydrazine groups is 1. The van der Waals surface area contributed by atoms with Crippen molar-refractivity contribution in [1.29, 1.82) is 0 Å². The SMILES string of the molecule is NNc1ccc(C(=O)Nc2ccccc2Cl)nn1. The van der Waals surface area contributed by atoms with Crippen LogP contribution < -0.4 is 16.6 Å². The predicted octanol–water partition coefficient (Wildman–Crippen LogP) is 1.67. The molecule has 0 aliphatic carbocycles. The summed E-state index contributed by atoms with van der Waals surface area (Å²) in [4.78, 5) is 11.8. The molecule has 92 valence electrons. The maximum Gasteiger partial charge on any atom is 0.276 e. The van der Waals surface area contributed by atoms with Gasteiger partial charge in [0.2, 0.25) is 0 Å². The van der Waals surface area contributed by atoms with Gasteiger partial charge in [-0.1, -0.05) is 23.7 Å². The highest BCUT2D eigenvalue weighted by molar-refractivity contribution is 6.33. The van der Waals surface area contributed by atoms with E-state index in [-0.39, 0.29) is 11.6 Å². The van der Waals surface area contributed by atoms with E-state index in [9.17, 15) is 4.79 Å². The molecule has 0 atom stereocenters. The van der Waals surface area contributed by atoms with Gasteiger partial charge in [0.05, 0.1) is 10.7 Å². The van der Waals surface area contributed by atoms with Crippen molar-refractivity contribution in [1.82, 2.24) is 10.2 Å². The molecule has 0 radical (unpaired) electrons. The van der Waals surface area contributed by atoms with Crippen LogP contribution in [0.25, 0.3) is 0 Å². The minimum absolute atomic E-state index is 0.175. The van der Waals surface area contributed by atoms with E-state index in [1.807, 2.05) is 0 Å². The van der Waals surface area contributed by atoms with Crippen molar-refractivity contribution in [2.75, 3.05) is 10.7 Å². The van der Waals surface area contributed by atoms with Crippen LogP contribution in [-0.4, -0.2) is 16.1 Å². The maximum atomic E-state index is 11.8. The van der Waals surface area contributed by atoms with Gasteiger partial charge in [0.15, 0.2) is 11.5 Å². The smallest absolute Gasteiger partial charge is 0.276 e. The van der Waals surface area contributed by atoms with Crippen LogP contribution in [0.15, 0.2) is 36.4 Å². The van der Waals surface area contributed by atoms with Crippen molar-refractivity contribution in [3.8, 4) is 0 Å². The average Bonchev–Trinajstić information content (AvgIpc) is 2.41. The summed E-state index contributed by atoms with van der Waals surface area (Å²) in [5.41, 5.74) is 3.02. The molecule has 7 heteroatoms. The monoisotopic (exact) mass is 263 g/mol. The highest BCUT2D eigenvalue weighted by Gasteiger charge is 2.09. The molecule has 1 aromatic carbocycles. The van der Waals surface area contributed by atoms with Gasteiger partial charge < -0.3 is 10.7 Å². The lowest BCUT2D eigenvalue weighted by atomic mass is 10.3. The van der Waals surface area contributed by atoms with Crippen LogP contribution in [0.4, 0.5) is 11.5 Å². The summed E-state index contributed by atoms with van der Waals surface area (Å²) in [6, 6.07) is 9.99. The van der Waals surface area contributed by atoms with Gasteiger partial charge in [-0.25, -0.2) is 5.84 Å². The first-order valence-electron chi connectivity index (χ1n) is 5.07. The molecule has 1 aromatic heterocycles. The van der Waals surface area contributed by atoms with Crippen molar-refractivity contribution < 1.29 is 4.79 Å². The van der Waals surface area contributed by atoms with Crippen LogP contribution in [-0.2, 0) is 0 Å². The number of hydrogen-bond donors (Lipinski definition) is 3. The number of nitrogens with zero attached hydrogens (tertiary/aromatic N) is 2. The molecule has 1 amide bonds. The third-order valence-electron chi connectivity index (χ3n) is 2.17. The molecule has 2 aromatic rings. The second-order valence-electron chi connectivity index (χ2n) is 3.38. The molecule has 2 rings (SSSR count). The molecule has 18 heavy (non-hydrogen) atoms.